The summed E-state index contributed by atoms with van der Waals surface area (Å²) >= 11 is 1.06. The SMILES string of the molecule is CC1COCCN1CC1CN(S(=O)(=O)c2cccs2)CCN1c1ncc(C(O)(C(F)(F)F)C(F)(F)F)cn1. The molecule has 17 heteroatoms. The lowest BCUT2D eigenvalue weighted by Crippen LogP contribution is -2.60. The van der Waals surface area contributed by atoms with Crippen LogP contribution in [0.4, 0.5) is 32.3 Å². The smallest absolute Gasteiger partial charge is 0.379 e. The van der Waals surface area contributed by atoms with Gasteiger partial charge in [0.05, 0.1) is 19.3 Å². The van der Waals surface area contributed by atoms with Crippen LogP contribution in [-0.2, 0) is 20.4 Å². The van der Waals surface area contributed by atoms with Crippen LogP contribution < -0.4 is 4.90 Å². The molecule has 2 unspecified atom stereocenters. The molecule has 1 N–H and O–H groups in total. The number of alkyl halides is 6. The number of aliphatic hydroxyl groups is 1. The number of hydrogen-bond acceptors (Lipinski definition) is 9. The fourth-order valence-electron chi connectivity index (χ4n) is 4.45. The average molecular weight is 590 g/mol. The predicted molar refractivity (Wildman–Crippen MR) is 124 cm³/mol. The lowest BCUT2D eigenvalue weighted by molar-refractivity contribution is -0.376. The maximum Gasteiger partial charge on any atom is 0.430 e. The van der Waals surface area contributed by atoms with Gasteiger partial charge >= 0.3 is 12.4 Å². The van der Waals surface area contributed by atoms with Gasteiger partial charge in [0.1, 0.15) is 4.21 Å². The summed E-state index contributed by atoms with van der Waals surface area (Å²) in [6.07, 6.45) is -11.5. The standard InChI is InChI=1S/C21H25F6N5O4S2/c1-14-13-36-7-6-30(14)11-16-12-31(38(34,35)17-3-2-8-37-17)4-5-32(16)18-28-9-15(10-29-18)19(33,20(22,23)24)21(25,26)27/h2-3,8-10,14,16,33H,4-7,11-13H2,1H3. The molecule has 2 saturated heterocycles. The van der Waals surface area contributed by atoms with Crippen LogP contribution in [0.3, 0.4) is 0 Å². The van der Waals surface area contributed by atoms with Crippen molar-refractivity contribution in [3.05, 3.63) is 35.5 Å². The number of rotatable bonds is 6. The quantitative estimate of drug-likeness (QED) is 0.514. The Hall–Kier alpha value is -2.05. The highest BCUT2D eigenvalue weighted by Gasteiger charge is 2.71. The minimum Gasteiger partial charge on any atom is -0.379 e. The summed E-state index contributed by atoms with van der Waals surface area (Å²) in [6, 6.07) is 2.51. The molecule has 0 amide bonds. The van der Waals surface area contributed by atoms with E-state index in [9.17, 15) is 39.9 Å². The fourth-order valence-corrected chi connectivity index (χ4v) is 7.06. The van der Waals surface area contributed by atoms with Crippen molar-refractivity contribution in [3.8, 4) is 0 Å². The molecule has 9 nitrogen and oxygen atoms in total. The molecule has 0 aromatic carbocycles. The number of nitrogens with zero attached hydrogens (tertiary/aromatic N) is 5. The van der Waals surface area contributed by atoms with Gasteiger partial charge in [0.2, 0.25) is 5.95 Å². The summed E-state index contributed by atoms with van der Waals surface area (Å²) in [5.41, 5.74) is -6.72. The van der Waals surface area contributed by atoms with E-state index in [1.165, 1.54) is 10.4 Å². The Morgan fingerprint density at radius 1 is 1.11 bits per heavy atom. The Morgan fingerprint density at radius 2 is 1.76 bits per heavy atom. The number of sulfonamides is 1. The summed E-state index contributed by atoms with van der Waals surface area (Å²) in [7, 11) is -3.81. The lowest BCUT2D eigenvalue weighted by Gasteiger charge is -2.44. The number of morpholine rings is 1. The fraction of sp³-hybridized carbons (Fsp3) is 0.619. The van der Waals surface area contributed by atoms with Gasteiger partial charge in [-0.1, -0.05) is 6.07 Å². The summed E-state index contributed by atoms with van der Waals surface area (Å²) in [5.74, 6) is -0.181. The molecular formula is C21H25F6N5O4S2. The first-order chi connectivity index (χ1) is 17.7. The molecule has 2 aromatic heterocycles. The Morgan fingerprint density at radius 3 is 2.32 bits per heavy atom. The minimum absolute atomic E-state index is 0.00442. The van der Waals surface area contributed by atoms with Crippen molar-refractivity contribution in [1.82, 2.24) is 19.2 Å². The second kappa shape index (κ2) is 10.5. The van der Waals surface area contributed by atoms with E-state index in [4.69, 9.17) is 4.74 Å². The van der Waals surface area contributed by atoms with Crippen molar-refractivity contribution in [3.63, 3.8) is 0 Å². The van der Waals surface area contributed by atoms with Crippen LogP contribution in [-0.4, -0.2) is 103 Å². The molecule has 38 heavy (non-hydrogen) atoms. The average Bonchev–Trinajstić information content (AvgIpc) is 3.40. The third kappa shape index (κ3) is 5.36. The van der Waals surface area contributed by atoms with Crippen LogP contribution in [0.1, 0.15) is 12.5 Å². The largest absolute Gasteiger partial charge is 0.430 e. The molecule has 4 heterocycles. The number of hydrogen-bond donors (Lipinski definition) is 1. The molecule has 0 radical (unpaired) electrons. The van der Waals surface area contributed by atoms with Gasteiger partial charge in [-0.25, -0.2) is 18.4 Å². The number of piperazine rings is 1. The maximum absolute atomic E-state index is 13.3. The predicted octanol–water partition coefficient (Wildman–Crippen LogP) is 2.45. The van der Waals surface area contributed by atoms with E-state index in [2.05, 4.69) is 14.9 Å². The van der Waals surface area contributed by atoms with Gasteiger partial charge in [-0.2, -0.15) is 30.6 Å². The number of aromatic nitrogens is 2. The zero-order chi connectivity index (χ0) is 27.9. The third-order valence-corrected chi connectivity index (χ3v) is 9.86. The highest BCUT2D eigenvalue weighted by molar-refractivity contribution is 7.91. The van der Waals surface area contributed by atoms with Crippen molar-refractivity contribution in [2.24, 2.45) is 0 Å². The second-order valence-corrected chi connectivity index (χ2v) is 12.2. The van der Waals surface area contributed by atoms with Crippen LogP contribution in [0, 0.1) is 0 Å². The van der Waals surface area contributed by atoms with E-state index in [1.54, 1.807) is 16.3 Å². The van der Waals surface area contributed by atoms with Gasteiger partial charge in [-0.05, 0) is 18.4 Å². The van der Waals surface area contributed by atoms with Crippen LogP contribution in [0.5, 0.6) is 0 Å². The molecule has 0 spiro atoms. The van der Waals surface area contributed by atoms with Crippen LogP contribution in [0.2, 0.25) is 0 Å². The van der Waals surface area contributed by atoms with Gasteiger partial charge in [0.25, 0.3) is 15.6 Å². The summed E-state index contributed by atoms with van der Waals surface area (Å²) < 4.78 is 113. The second-order valence-electron chi connectivity index (χ2n) is 9.04. The minimum atomic E-state index is -6.06. The van der Waals surface area contributed by atoms with E-state index in [0.717, 1.165) is 11.3 Å². The molecule has 0 aliphatic carbocycles. The van der Waals surface area contributed by atoms with E-state index in [1.807, 2.05) is 6.92 Å². The van der Waals surface area contributed by atoms with Crippen molar-refractivity contribution in [2.75, 3.05) is 50.8 Å². The molecule has 2 aliphatic heterocycles. The van der Waals surface area contributed by atoms with Crippen molar-refractivity contribution in [2.45, 2.75) is 41.2 Å². The molecule has 0 bridgehead atoms. The number of anilines is 1. The zero-order valence-electron chi connectivity index (χ0n) is 20.0. The molecule has 2 aliphatic rings. The molecule has 2 aromatic rings. The van der Waals surface area contributed by atoms with Crippen LogP contribution in [0.25, 0.3) is 0 Å². The Balaban J connectivity index is 1.64. The Labute approximate surface area is 218 Å². The van der Waals surface area contributed by atoms with Gasteiger partial charge in [-0.15, -0.1) is 11.3 Å². The molecule has 2 fully saturated rings. The van der Waals surface area contributed by atoms with Gasteiger partial charge in [0, 0.05) is 56.7 Å². The lowest BCUT2D eigenvalue weighted by atomic mass is 9.95. The molecule has 2 atom stereocenters. The highest BCUT2D eigenvalue weighted by atomic mass is 32.2. The summed E-state index contributed by atoms with van der Waals surface area (Å²) in [6.45, 7) is 3.72. The Bertz CT molecular complexity index is 1180. The van der Waals surface area contributed by atoms with E-state index in [0.29, 0.717) is 38.7 Å². The van der Waals surface area contributed by atoms with Gasteiger partial charge in [0.15, 0.2) is 0 Å². The summed E-state index contributed by atoms with van der Waals surface area (Å²) in [5, 5.41) is 11.3. The van der Waals surface area contributed by atoms with Crippen LogP contribution >= 0.6 is 11.3 Å². The number of thiophene rings is 1. The van der Waals surface area contributed by atoms with Gasteiger partial charge in [-0.3, -0.25) is 4.90 Å². The normalized spacial score (nSPS) is 23.1. The Kier molecular flexibility index (Phi) is 8.00. The highest BCUT2D eigenvalue weighted by Crippen LogP contribution is 2.49. The number of halogens is 6. The van der Waals surface area contributed by atoms with Crippen LogP contribution in [0.15, 0.2) is 34.1 Å². The van der Waals surface area contributed by atoms with Crippen molar-refractivity contribution >= 4 is 27.3 Å². The third-order valence-electron chi connectivity index (χ3n) is 6.62. The maximum atomic E-state index is 13.3. The van der Waals surface area contributed by atoms with E-state index >= 15 is 0 Å². The summed E-state index contributed by atoms with van der Waals surface area (Å²) in [4.78, 5) is 11.1. The topological polar surface area (TPSA) is 99.1 Å². The molecular weight excluding hydrogens is 564 g/mol. The van der Waals surface area contributed by atoms with Gasteiger partial charge < -0.3 is 14.7 Å². The number of ether oxygens (including phenoxy) is 1. The first kappa shape index (κ1) is 28.9. The van der Waals surface area contributed by atoms with Crippen molar-refractivity contribution < 1.29 is 44.6 Å². The monoisotopic (exact) mass is 589 g/mol. The van der Waals surface area contributed by atoms with E-state index < -0.39 is 39.6 Å². The van der Waals surface area contributed by atoms with E-state index in [-0.39, 0.29) is 35.8 Å². The van der Waals surface area contributed by atoms with Crippen molar-refractivity contribution in [1.29, 1.82) is 0 Å². The molecule has 4 rings (SSSR count). The first-order valence-corrected chi connectivity index (χ1v) is 13.8. The first-order valence-electron chi connectivity index (χ1n) is 11.5. The molecule has 0 saturated carbocycles. The zero-order valence-corrected chi connectivity index (χ0v) is 21.6. The molecule has 212 valence electrons.